The lowest BCUT2D eigenvalue weighted by atomic mass is 9.66. The molecule has 72 heavy (non-hydrogen) atoms. The third-order valence-electron chi connectivity index (χ3n) is 15.7. The second-order valence-corrected chi connectivity index (χ2v) is 20.3. The first-order valence-electron chi connectivity index (χ1n) is 25.6. The van der Waals surface area contributed by atoms with Gasteiger partial charge in [-0.1, -0.05) is 211 Å². The van der Waals surface area contributed by atoms with Crippen LogP contribution in [0.5, 0.6) is 0 Å². The highest BCUT2D eigenvalue weighted by Gasteiger charge is 2.40. The van der Waals surface area contributed by atoms with Gasteiger partial charge in [0.2, 0.25) is 0 Å². The van der Waals surface area contributed by atoms with Crippen molar-refractivity contribution < 1.29 is 0 Å². The van der Waals surface area contributed by atoms with Crippen molar-refractivity contribution in [1.29, 1.82) is 0 Å². The van der Waals surface area contributed by atoms with Crippen molar-refractivity contribution >= 4 is 77.1 Å². The lowest BCUT2D eigenvalue weighted by molar-refractivity contribution is 0.637. The monoisotopic (exact) mass is 924 g/mol. The maximum atomic E-state index is 3.99. The Morgan fingerprint density at radius 2 is 1.12 bits per heavy atom. The van der Waals surface area contributed by atoms with E-state index in [0.29, 0.717) is 0 Å². The maximum absolute atomic E-state index is 3.99. The molecule has 3 aliphatic rings. The molecule has 0 saturated carbocycles. The van der Waals surface area contributed by atoms with E-state index in [1.807, 2.05) is 0 Å². The molecule has 0 heterocycles. The van der Waals surface area contributed by atoms with Crippen LogP contribution in [-0.4, -0.2) is 0 Å². The highest BCUT2D eigenvalue weighted by atomic mass is 15.2. The Labute approximate surface area is 423 Å². The minimum Gasteiger partial charge on any atom is -0.354 e. The lowest BCUT2D eigenvalue weighted by Crippen LogP contribution is -2.29. The van der Waals surface area contributed by atoms with Gasteiger partial charge in [0.05, 0.1) is 11.4 Å². The van der Waals surface area contributed by atoms with Crippen molar-refractivity contribution in [2.24, 2.45) is 5.92 Å². The molecule has 3 atom stereocenters. The number of anilines is 4. The Bertz CT molecular complexity index is 3880. The molecule has 3 unspecified atom stereocenters. The fourth-order valence-corrected chi connectivity index (χ4v) is 12.6. The molecule has 2 nitrogen and oxygen atoms in total. The Morgan fingerprint density at radius 3 is 1.81 bits per heavy atom. The number of nitrogens with zero attached hydrogens (tertiary/aromatic N) is 1. The molecule has 13 rings (SSSR count). The van der Waals surface area contributed by atoms with Gasteiger partial charge in [-0.25, -0.2) is 0 Å². The van der Waals surface area contributed by atoms with Gasteiger partial charge in [0.25, 0.3) is 0 Å². The van der Waals surface area contributed by atoms with Crippen molar-refractivity contribution in [3.8, 4) is 0 Å². The van der Waals surface area contributed by atoms with Crippen LogP contribution in [0.1, 0.15) is 62.8 Å². The SMILES string of the molecule is Cc1ccc(Nc2c3ccccc3c(C3C=C(C4c5ccccc5C(N(c5ccccc5)c5ccc(C)cc5C)=C5C=CC=CC54)C=C(c4c5ccccc5cc5ccccc45)C3)c3ccccc23)c(C)c1. The van der Waals surface area contributed by atoms with Crippen molar-refractivity contribution in [2.45, 2.75) is 46.0 Å². The van der Waals surface area contributed by atoms with Crippen LogP contribution < -0.4 is 10.2 Å². The van der Waals surface area contributed by atoms with E-state index in [4.69, 9.17) is 0 Å². The Balaban J connectivity index is 1.08. The van der Waals surface area contributed by atoms with E-state index in [1.165, 1.54) is 116 Å². The quantitative estimate of drug-likeness (QED) is 0.153. The van der Waals surface area contributed by atoms with Gasteiger partial charge in [-0.3, -0.25) is 0 Å². The minimum absolute atomic E-state index is 0.0416. The number of para-hydroxylation sites is 1. The number of aryl methyl sites for hydroxylation is 4. The number of nitrogens with one attached hydrogen (secondary N) is 1. The third-order valence-corrected chi connectivity index (χ3v) is 15.7. The summed E-state index contributed by atoms with van der Waals surface area (Å²) in [7, 11) is 0. The van der Waals surface area contributed by atoms with Gasteiger partial charge in [0.15, 0.2) is 0 Å². The normalized spacial score (nSPS) is 17.2. The molecule has 0 amide bonds. The molecular formula is C70H56N2. The van der Waals surface area contributed by atoms with Crippen molar-refractivity contribution in [2.75, 3.05) is 10.2 Å². The number of hydrogen-bond donors (Lipinski definition) is 1. The Morgan fingerprint density at radius 1 is 0.528 bits per heavy atom. The van der Waals surface area contributed by atoms with Crippen LogP contribution in [0, 0.1) is 33.6 Å². The first-order valence-corrected chi connectivity index (χ1v) is 25.6. The van der Waals surface area contributed by atoms with E-state index in [0.717, 1.165) is 23.5 Å². The second-order valence-electron chi connectivity index (χ2n) is 20.3. The molecule has 0 bridgehead atoms. The van der Waals surface area contributed by atoms with E-state index >= 15 is 0 Å². The third kappa shape index (κ3) is 7.32. The van der Waals surface area contributed by atoms with Gasteiger partial charge < -0.3 is 10.2 Å². The lowest BCUT2D eigenvalue weighted by Gasteiger charge is -2.42. The van der Waals surface area contributed by atoms with E-state index in [-0.39, 0.29) is 17.8 Å². The summed E-state index contributed by atoms with van der Waals surface area (Å²) in [6.45, 7) is 8.82. The van der Waals surface area contributed by atoms with Crippen LogP contribution in [0.2, 0.25) is 0 Å². The number of benzene rings is 10. The fraction of sp³-hybridized carbons (Fsp3) is 0.114. The summed E-state index contributed by atoms with van der Waals surface area (Å²) in [4.78, 5) is 2.53. The topological polar surface area (TPSA) is 15.3 Å². The minimum atomic E-state index is 0.0416. The van der Waals surface area contributed by atoms with Crippen LogP contribution in [0.4, 0.5) is 22.7 Å². The van der Waals surface area contributed by atoms with Gasteiger partial charge in [-0.05, 0) is 141 Å². The predicted octanol–water partition coefficient (Wildman–Crippen LogP) is 18.9. The van der Waals surface area contributed by atoms with E-state index in [9.17, 15) is 0 Å². The largest absolute Gasteiger partial charge is 0.354 e. The van der Waals surface area contributed by atoms with Gasteiger partial charge in [-0.15, -0.1) is 0 Å². The highest BCUT2D eigenvalue weighted by Crippen LogP contribution is 2.56. The number of hydrogen-bond acceptors (Lipinski definition) is 2. The number of fused-ring (bicyclic) bond motifs is 6. The second kappa shape index (κ2) is 17.7. The van der Waals surface area contributed by atoms with Crippen molar-refractivity contribution in [1.82, 2.24) is 0 Å². The van der Waals surface area contributed by atoms with Gasteiger partial charge in [0.1, 0.15) is 0 Å². The molecule has 346 valence electrons. The van der Waals surface area contributed by atoms with Gasteiger partial charge in [-0.2, -0.15) is 0 Å². The van der Waals surface area contributed by atoms with Crippen LogP contribution in [0.25, 0.3) is 54.4 Å². The van der Waals surface area contributed by atoms with E-state index in [1.54, 1.807) is 0 Å². The standard InChI is InChI=1S/C70H56N2/c1-44-34-36-64(46(3)38-44)71-69-60-30-16-12-26-56(60)67(57-27-13-17-31-61(57)69)51-41-50(66-54-24-10-8-20-48(54)40-49-21-9-11-25-55(49)66)42-52(43-51)68-58-28-14-18-32-62(58)70(63-33-19-15-29-59(63)68)72(53-22-6-5-7-23-53)65-37-35-45(2)39-47(65)4/h5-40,42-43,51,58,68,71H,41H2,1-4H3. The summed E-state index contributed by atoms with van der Waals surface area (Å²) in [6.07, 6.45) is 15.5. The average Bonchev–Trinajstić information content (AvgIpc) is 3.41. The Hall–Kier alpha value is -8.46. The molecule has 2 heteroatoms. The van der Waals surface area contributed by atoms with Crippen LogP contribution in [0.15, 0.2) is 242 Å². The molecule has 3 aliphatic carbocycles. The van der Waals surface area contributed by atoms with E-state index in [2.05, 4.69) is 268 Å². The first kappa shape index (κ1) is 43.6. The molecule has 0 aromatic heterocycles. The molecule has 0 spiro atoms. The smallest absolute Gasteiger partial charge is 0.0575 e. The molecule has 1 N–H and O–H groups in total. The van der Waals surface area contributed by atoms with E-state index < -0.39 is 0 Å². The maximum Gasteiger partial charge on any atom is 0.0575 e. The summed E-state index contributed by atoms with van der Waals surface area (Å²) in [5.74, 6) is 0.171. The molecule has 0 fully saturated rings. The van der Waals surface area contributed by atoms with Crippen molar-refractivity contribution in [3.63, 3.8) is 0 Å². The zero-order valence-corrected chi connectivity index (χ0v) is 41.3. The number of allylic oxidation sites excluding steroid dienone is 9. The summed E-state index contributed by atoms with van der Waals surface area (Å²) >= 11 is 0. The van der Waals surface area contributed by atoms with Crippen LogP contribution in [-0.2, 0) is 0 Å². The fourth-order valence-electron chi connectivity index (χ4n) is 12.6. The summed E-state index contributed by atoms with van der Waals surface area (Å²) in [6, 6.07) is 72.5. The molecule has 10 aromatic carbocycles. The first-order chi connectivity index (χ1) is 35.4. The van der Waals surface area contributed by atoms with Gasteiger partial charge >= 0.3 is 0 Å². The molecule has 0 saturated heterocycles. The molecule has 10 aromatic rings. The molecular weight excluding hydrogens is 869 g/mol. The summed E-state index contributed by atoms with van der Waals surface area (Å²) in [5, 5.41) is 14.2. The predicted molar refractivity (Wildman–Crippen MR) is 308 cm³/mol. The van der Waals surface area contributed by atoms with Crippen molar-refractivity contribution in [3.05, 3.63) is 286 Å². The zero-order valence-electron chi connectivity index (χ0n) is 41.3. The van der Waals surface area contributed by atoms with Gasteiger partial charge in [0, 0.05) is 51.2 Å². The average molecular weight is 925 g/mol. The molecule has 0 radical (unpaired) electrons. The van der Waals surface area contributed by atoms with Crippen LogP contribution in [0.3, 0.4) is 0 Å². The zero-order chi connectivity index (χ0) is 48.5. The molecule has 0 aliphatic heterocycles. The highest BCUT2D eigenvalue weighted by molar-refractivity contribution is 6.16. The summed E-state index contributed by atoms with van der Waals surface area (Å²) < 4.78 is 0. The summed E-state index contributed by atoms with van der Waals surface area (Å²) in [5.41, 5.74) is 20.3. The van der Waals surface area contributed by atoms with Crippen LogP contribution >= 0.6 is 0 Å². The Kier molecular flexibility index (Phi) is 10.7. The number of rotatable bonds is 8.